The zero-order chi connectivity index (χ0) is 9.07. The zero-order valence-corrected chi connectivity index (χ0v) is 8.52. The third kappa shape index (κ3) is 2.80. The summed E-state index contributed by atoms with van der Waals surface area (Å²) in [7, 11) is 2.14. The molecule has 0 aromatic heterocycles. The highest BCUT2D eigenvalue weighted by Gasteiger charge is 2.24. The molecular weight excluding hydrogens is 136 g/mol. The molecule has 1 unspecified atom stereocenters. The molecule has 2 nitrogen and oxygen atoms in total. The maximum Gasteiger partial charge on any atom is 0.0275 e. The van der Waals surface area contributed by atoms with Crippen molar-refractivity contribution in [1.82, 2.24) is 4.90 Å². The highest BCUT2D eigenvalue weighted by molar-refractivity contribution is 4.82. The Morgan fingerprint density at radius 3 is 2.18 bits per heavy atom. The number of hydrogen-bond donors (Lipinski definition) is 1. The molecule has 0 saturated heterocycles. The number of hydrogen-bond acceptors (Lipinski definition) is 2. The molecule has 68 valence electrons. The number of rotatable bonds is 4. The van der Waals surface area contributed by atoms with Crippen LogP contribution in [-0.4, -0.2) is 30.1 Å². The van der Waals surface area contributed by atoms with E-state index in [1.165, 1.54) is 6.42 Å². The zero-order valence-electron chi connectivity index (χ0n) is 8.52. The van der Waals surface area contributed by atoms with Gasteiger partial charge >= 0.3 is 0 Å². The maximum atomic E-state index is 5.66. The lowest BCUT2D eigenvalue weighted by Gasteiger charge is -2.38. The third-order valence-corrected chi connectivity index (χ3v) is 2.71. The molecule has 11 heavy (non-hydrogen) atoms. The third-order valence-electron chi connectivity index (χ3n) is 2.71. The Kier molecular flexibility index (Phi) is 4.04. The fourth-order valence-electron chi connectivity index (χ4n) is 1.01. The van der Waals surface area contributed by atoms with Crippen LogP contribution in [0.1, 0.15) is 34.1 Å². The average Bonchev–Trinajstić information content (AvgIpc) is 2.01. The van der Waals surface area contributed by atoms with Gasteiger partial charge in [0.25, 0.3) is 0 Å². The first kappa shape index (κ1) is 10.9. The van der Waals surface area contributed by atoms with E-state index in [0.29, 0.717) is 12.6 Å². The minimum Gasteiger partial charge on any atom is -0.329 e. The molecule has 1 atom stereocenters. The number of nitrogens with two attached hydrogens (primary N) is 1. The maximum absolute atomic E-state index is 5.66. The van der Waals surface area contributed by atoms with E-state index in [0.717, 1.165) is 0 Å². The van der Waals surface area contributed by atoms with Crippen LogP contribution < -0.4 is 5.73 Å². The first-order chi connectivity index (χ1) is 4.95. The summed E-state index contributed by atoms with van der Waals surface area (Å²) in [4.78, 5) is 2.34. The average molecular weight is 158 g/mol. The van der Waals surface area contributed by atoms with Crippen LogP contribution in [0.2, 0.25) is 0 Å². The normalized spacial score (nSPS) is 15.5. The van der Waals surface area contributed by atoms with Crippen LogP contribution in [0.3, 0.4) is 0 Å². The van der Waals surface area contributed by atoms with E-state index in [1.54, 1.807) is 0 Å². The minimum atomic E-state index is 0.134. The van der Waals surface area contributed by atoms with E-state index < -0.39 is 0 Å². The van der Waals surface area contributed by atoms with E-state index in [4.69, 9.17) is 5.73 Å². The topological polar surface area (TPSA) is 29.3 Å². The molecule has 0 radical (unpaired) electrons. The Morgan fingerprint density at radius 1 is 1.45 bits per heavy atom. The first-order valence-corrected chi connectivity index (χ1v) is 4.38. The summed E-state index contributed by atoms with van der Waals surface area (Å²) in [5.41, 5.74) is 5.79. The molecule has 0 amide bonds. The molecule has 0 aliphatic rings. The van der Waals surface area contributed by atoms with Crippen LogP contribution in [-0.2, 0) is 0 Å². The predicted molar refractivity (Wildman–Crippen MR) is 50.6 cm³/mol. The Morgan fingerprint density at radius 2 is 1.91 bits per heavy atom. The summed E-state index contributed by atoms with van der Waals surface area (Å²) in [6.45, 7) is 9.51. The summed E-state index contributed by atoms with van der Waals surface area (Å²) >= 11 is 0. The standard InChI is InChI=1S/C9H22N2/c1-6-8(2)11(5)9(3,4)7-10/h8H,6-7,10H2,1-5H3. The van der Waals surface area contributed by atoms with Crippen molar-refractivity contribution in [3.8, 4) is 0 Å². The van der Waals surface area contributed by atoms with Crippen molar-refractivity contribution in [2.45, 2.75) is 45.7 Å². The molecule has 2 N–H and O–H groups in total. The first-order valence-electron chi connectivity index (χ1n) is 4.38. The molecule has 2 heteroatoms. The molecular formula is C9H22N2. The number of nitrogens with zero attached hydrogens (tertiary/aromatic N) is 1. The van der Waals surface area contributed by atoms with Gasteiger partial charge in [0.15, 0.2) is 0 Å². The summed E-state index contributed by atoms with van der Waals surface area (Å²) in [5, 5.41) is 0. The van der Waals surface area contributed by atoms with Crippen molar-refractivity contribution < 1.29 is 0 Å². The van der Waals surface area contributed by atoms with Gasteiger partial charge in [-0.25, -0.2) is 0 Å². The largest absolute Gasteiger partial charge is 0.329 e. The van der Waals surface area contributed by atoms with Gasteiger partial charge in [0.05, 0.1) is 0 Å². The van der Waals surface area contributed by atoms with Gasteiger partial charge in [-0.3, -0.25) is 4.90 Å². The summed E-state index contributed by atoms with van der Waals surface area (Å²) in [6, 6.07) is 0.619. The lowest BCUT2D eigenvalue weighted by Crippen LogP contribution is -2.50. The van der Waals surface area contributed by atoms with Crippen LogP contribution in [0, 0.1) is 0 Å². The van der Waals surface area contributed by atoms with Gasteiger partial charge in [-0.15, -0.1) is 0 Å². The van der Waals surface area contributed by atoms with E-state index in [2.05, 4.69) is 39.6 Å². The molecule has 0 aliphatic heterocycles. The number of likely N-dealkylation sites (N-methyl/N-ethyl adjacent to an activating group) is 1. The fraction of sp³-hybridized carbons (Fsp3) is 1.00. The molecule has 0 fully saturated rings. The second-order valence-electron chi connectivity index (χ2n) is 3.88. The van der Waals surface area contributed by atoms with Gasteiger partial charge in [-0.05, 0) is 34.2 Å². The fourth-order valence-corrected chi connectivity index (χ4v) is 1.01. The monoisotopic (exact) mass is 158 g/mol. The molecule has 0 spiro atoms. The Hall–Kier alpha value is -0.0800. The van der Waals surface area contributed by atoms with Crippen molar-refractivity contribution >= 4 is 0 Å². The van der Waals surface area contributed by atoms with Crippen molar-refractivity contribution in [3.05, 3.63) is 0 Å². The summed E-state index contributed by atoms with van der Waals surface area (Å²) in [5.74, 6) is 0. The van der Waals surface area contributed by atoms with E-state index >= 15 is 0 Å². The highest BCUT2D eigenvalue weighted by atomic mass is 15.2. The highest BCUT2D eigenvalue weighted by Crippen LogP contribution is 2.14. The van der Waals surface area contributed by atoms with Crippen LogP contribution >= 0.6 is 0 Å². The molecule has 0 aliphatic carbocycles. The van der Waals surface area contributed by atoms with Crippen LogP contribution in [0.25, 0.3) is 0 Å². The van der Waals surface area contributed by atoms with E-state index in [-0.39, 0.29) is 5.54 Å². The van der Waals surface area contributed by atoms with Gasteiger partial charge in [0.1, 0.15) is 0 Å². The van der Waals surface area contributed by atoms with Crippen LogP contribution in [0.5, 0.6) is 0 Å². The van der Waals surface area contributed by atoms with Gasteiger partial charge in [0, 0.05) is 18.1 Å². The predicted octanol–water partition coefficient (Wildman–Crippen LogP) is 1.45. The van der Waals surface area contributed by atoms with Crippen molar-refractivity contribution in [2.24, 2.45) is 5.73 Å². The molecule has 0 bridgehead atoms. The van der Waals surface area contributed by atoms with Gasteiger partial charge in [-0.1, -0.05) is 6.92 Å². The van der Waals surface area contributed by atoms with E-state index in [1.807, 2.05) is 0 Å². The minimum absolute atomic E-state index is 0.134. The van der Waals surface area contributed by atoms with Crippen molar-refractivity contribution in [3.63, 3.8) is 0 Å². The quantitative estimate of drug-likeness (QED) is 0.671. The van der Waals surface area contributed by atoms with Gasteiger partial charge in [0.2, 0.25) is 0 Å². The lowest BCUT2D eigenvalue weighted by molar-refractivity contribution is 0.114. The SMILES string of the molecule is CCC(C)N(C)C(C)(C)CN. The lowest BCUT2D eigenvalue weighted by atomic mass is 10.0. The molecule has 0 saturated carbocycles. The summed E-state index contributed by atoms with van der Waals surface area (Å²) < 4.78 is 0. The molecule has 0 aromatic carbocycles. The van der Waals surface area contributed by atoms with Gasteiger partial charge < -0.3 is 5.73 Å². The molecule has 0 heterocycles. The smallest absolute Gasteiger partial charge is 0.0275 e. The Balaban J connectivity index is 4.10. The second-order valence-corrected chi connectivity index (χ2v) is 3.88. The Labute approximate surface area is 70.8 Å². The molecule has 0 aromatic rings. The van der Waals surface area contributed by atoms with Crippen LogP contribution in [0.4, 0.5) is 0 Å². The van der Waals surface area contributed by atoms with Crippen molar-refractivity contribution in [1.29, 1.82) is 0 Å². The van der Waals surface area contributed by atoms with E-state index in [9.17, 15) is 0 Å². The summed E-state index contributed by atoms with van der Waals surface area (Å²) in [6.07, 6.45) is 1.18. The van der Waals surface area contributed by atoms with Crippen molar-refractivity contribution in [2.75, 3.05) is 13.6 Å². The van der Waals surface area contributed by atoms with Gasteiger partial charge in [-0.2, -0.15) is 0 Å². The Bertz CT molecular complexity index is 110. The molecule has 0 rings (SSSR count). The van der Waals surface area contributed by atoms with Crippen LogP contribution in [0.15, 0.2) is 0 Å². The second kappa shape index (κ2) is 4.07.